The second-order valence-electron chi connectivity index (χ2n) is 5.88. The number of aromatic amines is 1. The molecule has 1 aromatic carbocycles. The molecule has 0 aliphatic carbocycles. The molecule has 130 valence electrons. The zero-order valence-electron chi connectivity index (χ0n) is 14.2. The number of methoxy groups -OCH3 is 1. The van der Waals surface area contributed by atoms with Gasteiger partial charge in [-0.15, -0.1) is 5.10 Å². The predicted molar refractivity (Wildman–Crippen MR) is 91.2 cm³/mol. The van der Waals surface area contributed by atoms with Crippen molar-refractivity contribution >= 4 is 0 Å². The van der Waals surface area contributed by atoms with E-state index in [1.165, 1.54) is 7.11 Å². The van der Waals surface area contributed by atoms with Gasteiger partial charge in [-0.1, -0.05) is 19.4 Å². The number of nitrogens with two attached hydrogens (primary N) is 1. The van der Waals surface area contributed by atoms with Gasteiger partial charge >= 0.3 is 0 Å². The second-order valence-corrected chi connectivity index (χ2v) is 5.88. The number of aryl methyl sites for hydroxylation is 1. The van der Waals surface area contributed by atoms with Crippen LogP contribution in [0.2, 0.25) is 0 Å². The molecule has 1 aromatic heterocycles. The molecule has 3 rings (SSSR count). The number of phenols is 1. The molecule has 0 saturated carbocycles. The Bertz CT molecular complexity index is 864. The lowest BCUT2D eigenvalue weighted by atomic mass is 9.83. The second kappa shape index (κ2) is 6.77. The van der Waals surface area contributed by atoms with E-state index < -0.39 is 5.92 Å². The van der Waals surface area contributed by atoms with E-state index in [0.717, 1.165) is 36.1 Å². The first-order valence-electron chi connectivity index (χ1n) is 8.12. The normalized spacial score (nSPS) is 16.1. The zero-order valence-corrected chi connectivity index (χ0v) is 14.2. The number of allylic oxidation sites excluding steroid dienone is 1. The number of nitriles is 1. The molecule has 0 saturated heterocycles. The molecule has 4 N–H and O–H groups in total. The van der Waals surface area contributed by atoms with E-state index in [4.69, 9.17) is 15.2 Å². The summed E-state index contributed by atoms with van der Waals surface area (Å²) in [5.74, 6) is 0.376. The minimum Gasteiger partial charge on any atom is -0.504 e. The van der Waals surface area contributed by atoms with Crippen LogP contribution in [0.5, 0.6) is 17.4 Å². The minimum atomic E-state index is -0.422. The number of unbranched alkanes of at least 4 members (excludes halogenated alkanes) is 1. The van der Waals surface area contributed by atoms with Crippen molar-refractivity contribution in [3.05, 3.63) is 46.5 Å². The van der Waals surface area contributed by atoms with Gasteiger partial charge in [0.05, 0.1) is 13.0 Å². The fourth-order valence-electron chi connectivity index (χ4n) is 3.06. The van der Waals surface area contributed by atoms with Crippen LogP contribution in [0.1, 0.15) is 42.5 Å². The van der Waals surface area contributed by atoms with Crippen LogP contribution in [0.4, 0.5) is 0 Å². The fourth-order valence-corrected chi connectivity index (χ4v) is 3.06. The number of hydrogen-bond acceptors (Lipinski definition) is 6. The Morgan fingerprint density at radius 1 is 1.48 bits per heavy atom. The van der Waals surface area contributed by atoms with E-state index in [1.807, 2.05) is 0 Å². The Morgan fingerprint density at radius 3 is 2.96 bits per heavy atom. The number of rotatable bonds is 5. The molecule has 0 fully saturated rings. The summed E-state index contributed by atoms with van der Waals surface area (Å²) < 4.78 is 10.7. The van der Waals surface area contributed by atoms with Gasteiger partial charge in [0.2, 0.25) is 11.8 Å². The van der Waals surface area contributed by atoms with Gasteiger partial charge in [-0.25, -0.2) is 0 Å². The molecule has 0 spiro atoms. The molecule has 0 amide bonds. The first-order chi connectivity index (χ1) is 12.1. The zero-order chi connectivity index (χ0) is 18.0. The van der Waals surface area contributed by atoms with Gasteiger partial charge in [0.15, 0.2) is 11.5 Å². The van der Waals surface area contributed by atoms with Crippen molar-refractivity contribution in [2.75, 3.05) is 7.11 Å². The average Bonchev–Trinajstić information content (AvgIpc) is 3.01. The lowest BCUT2D eigenvalue weighted by Gasteiger charge is -2.24. The van der Waals surface area contributed by atoms with Crippen molar-refractivity contribution in [2.24, 2.45) is 5.73 Å². The van der Waals surface area contributed by atoms with Gasteiger partial charge in [-0.3, -0.25) is 5.10 Å². The molecule has 1 aliphatic heterocycles. The van der Waals surface area contributed by atoms with Crippen LogP contribution in [-0.2, 0) is 6.42 Å². The standard InChI is InChI=1S/C18H20N4O3/c1-3-4-5-12-16-15(10-6-7-13(23)14(8-10)24-2)11(9-19)17(20)25-18(16)22-21-12/h6-8,15,23H,3-5,20H2,1-2H3,(H,21,22). The Hall–Kier alpha value is -3.14. The van der Waals surface area contributed by atoms with E-state index in [0.29, 0.717) is 17.2 Å². The van der Waals surface area contributed by atoms with Crippen LogP contribution < -0.4 is 15.2 Å². The molecule has 25 heavy (non-hydrogen) atoms. The monoisotopic (exact) mass is 340 g/mol. The maximum atomic E-state index is 9.86. The molecular weight excluding hydrogens is 320 g/mol. The third-order valence-corrected chi connectivity index (χ3v) is 4.34. The highest BCUT2D eigenvalue weighted by Gasteiger charge is 2.35. The number of aromatic nitrogens is 2. The topological polar surface area (TPSA) is 117 Å². The van der Waals surface area contributed by atoms with Crippen molar-refractivity contribution in [1.29, 1.82) is 5.26 Å². The maximum absolute atomic E-state index is 9.86. The van der Waals surface area contributed by atoms with Crippen LogP contribution >= 0.6 is 0 Å². The number of ether oxygens (including phenoxy) is 2. The largest absolute Gasteiger partial charge is 0.504 e. The first-order valence-corrected chi connectivity index (χ1v) is 8.12. The average molecular weight is 340 g/mol. The number of phenolic OH excluding ortho intramolecular Hbond substituents is 1. The Balaban J connectivity index is 2.16. The SMILES string of the molecule is CCCCc1[nH]nc2c1C(c1ccc(O)c(OC)c1)C(C#N)=C(N)O2. The van der Waals surface area contributed by atoms with Gasteiger partial charge in [0, 0.05) is 11.3 Å². The Labute approximate surface area is 145 Å². The first kappa shape index (κ1) is 16.7. The van der Waals surface area contributed by atoms with Gasteiger partial charge < -0.3 is 20.3 Å². The number of hydrogen-bond donors (Lipinski definition) is 3. The van der Waals surface area contributed by atoms with Crippen molar-refractivity contribution in [1.82, 2.24) is 10.2 Å². The fraction of sp³-hybridized carbons (Fsp3) is 0.333. The maximum Gasteiger partial charge on any atom is 0.244 e. The number of aromatic hydroxyl groups is 1. The molecule has 1 atom stereocenters. The molecule has 1 aliphatic rings. The summed E-state index contributed by atoms with van der Waals surface area (Å²) in [6, 6.07) is 7.15. The van der Waals surface area contributed by atoms with Crippen LogP contribution in [0.25, 0.3) is 0 Å². The van der Waals surface area contributed by atoms with Crippen LogP contribution in [0, 0.1) is 11.3 Å². The van der Waals surface area contributed by atoms with Crippen molar-refractivity contribution in [3.63, 3.8) is 0 Å². The number of nitrogens with one attached hydrogen (secondary N) is 1. The predicted octanol–water partition coefficient (Wildman–Crippen LogP) is 2.68. The molecule has 1 unspecified atom stereocenters. The molecule has 0 radical (unpaired) electrons. The lowest BCUT2D eigenvalue weighted by molar-refractivity contribution is 0.370. The van der Waals surface area contributed by atoms with Crippen LogP contribution in [-0.4, -0.2) is 22.4 Å². The van der Waals surface area contributed by atoms with E-state index in [-0.39, 0.29) is 11.6 Å². The van der Waals surface area contributed by atoms with E-state index >= 15 is 0 Å². The summed E-state index contributed by atoms with van der Waals surface area (Å²) >= 11 is 0. The summed E-state index contributed by atoms with van der Waals surface area (Å²) in [4.78, 5) is 0. The lowest BCUT2D eigenvalue weighted by Crippen LogP contribution is -2.21. The summed E-state index contributed by atoms with van der Waals surface area (Å²) in [6.45, 7) is 2.11. The smallest absolute Gasteiger partial charge is 0.244 e. The molecule has 7 nitrogen and oxygen atoms in total. The highest BCUT2D eigenvalue weighted by molar-refractivity contribution is 5.57. The Kier molecular flexibility index (Phi) is 4.52. The van der Waals surface area contributed by atoms with Crippen LogP contribution in [0.3, 0.4) is 0 Å². The van der Waals surface area contributed by atoms with Crippen LogP contribution in [0.15, 0.2) is 29.7 Å². The molecular formula is C18H20N4O3. The molecule has 2 heterocycles. The van der Waals surface area contributed by atoms with Gasteiger partial charge in [-0.2, -0.15) is 5.26 Å². The van der Waals surface area contributed by atoms with Crippen molar-refractivity contribution in [2.45, 2.75) is 32.1 Å². The number of benzene rings is 1. The van der Waals surface area contributed by atoms with Gasteiger partial charge in [0.1, 0.15) is 11.6 Å². The van der Waals surface area contributed by atoms with Gasteiger partial charge in [-0.05, 0) is 30.5 Å². The minimum absolute atomic E-state index is 0.0346. The number of fused-ring (bicyclic) bond motifs is 1. The third kappa shape index (κ3) is 2.87. The quantitative estimate of drug-likeness (QED) is 0.770. The summed E-state index contributed by atoms with van der Waals surface area (Å²) in [5, 5.41) is 26.7. The number of nitrogens with zero attached hydrogens (tertiary/aromatic N) is 2. The van der Waals surface area contributed by atoms with E-state index in [1.54, 1.807) is 18.2 Å². The molecule has 2 aromatic rings. The van der Waals surface area contributed by atoms with Gasteiger partial charge in [0.25, 0.3) is 0 Å². The number of H-pyrrole nitrogens is 1. The summed E-state index contributed by atoms with van der Waals surface area (Å²) in [6.07, 6.45) is 2.82. The highest BCUT2D eigenvalue weighted by atomic mass is 16.5. The molecule has 7 heteroatoms. The van der Waals surface area contributed by atoms with Crippen molar-refractivity contribution in [3.8, 4) is 23.4 Å². The Morgan fingerprint density at radius 2 is 2.28 bits per heavy atom. The van der Waals surface area contributed by atoms with E-state index in [2.05, 4.69) is 23.2 Å². The molecule has 0 bridgehead atoms. The van der Waals surface area contributed by atoms with E-state index in [9.17, 15) is 10.4 Å². The summed E-state index contributed by atoms with van der Waals surface area (Å²) in [7, 11) is 1.48. The van der Waals surface area contributed by atoms with Crippen molar-refractivity contribution < 1.29 is 14.6 Å². The third-order valence-electron chi connectivity index (χ3n) is 4.34. The highest BCUT2D eigenvalue weighted by Crippen LogP contribution is 2.44. The summed E-state index contributed by atoms with van der Waals surface area (Å²) in [5.41, 5.74) is 8.77.